The lowest BCUT2D eigenvalue weighted by molar-refractivity contribution is 0.410. The predicted molar refractivity (Wildman–Crippen MR) is 70.9 cm³/mol. The second-order valence-corrected chi connectivity index (χ2v) is 4.32. The van der Waals surface area contributed by atoms with Gasteiger partial charge in [0.25, 0.3) is 0 Å². The van der Waals surface area contributed by atoms with E-state index in [1.54, 1.807) is 18.5 Å². The van der Waals surface area contributed by atoms with E-state index in [0.29, 0.717) is 11.3 Å². The molecule has 2 aromatic rings. The molecule has 0 aliphatic heterocycles. The summed E-state index contributed by atoms with van der Waals surface area (Å²) in [6.45, 7) is 0. The number of hydrogen-bond acceptors (Lipinski definition) is 4. The van der Waals surface area contributed by atoms with Crippen LogP contribution in [0.5, 0.6) is 5.75 Å². The van der Waals surface area contributed by atoms with E-state index in [1.165, 1.54) is 19.2 Å². The Balaban J connectivity index is 2.23. The molecule has 0 aliphatic rings. The number of halogens is 2. The van der Waals surface area contributed by atoms with Crippen molar-refractivity contribution in [2.45, 2.75) is 12.5 Å². The van der Waals surface area contributed by atoms with Crippen molar-refractivity contribution in [2.24, 2.45) is 5.84 Å². The zero-order chi connectivity index (χ0) is 14.5. The lowest BCUT2D eigenvalue weighted by Crippen LogP contribution is -2.30. The third-order valence-corrected chi connectivity index (χ3v) is 3.01. The van der Waals surface area contributed by atoms with Gasteiger partial charge in [0.1, 0.15) is 17.4 Å². The molecule has 0 amide bonds. The first-order valence-corrected chi connectivity index (χ1v) is 6.03. The fourth-order valence-electron chi connectivity index (χ4n) is 1.92. The average Bonchev–Trinajstić information content (AvgIpc) is 2.46. The molecule has 3 N–H and O–H groups in total. The van der Waals surface area contributed by atoms with Crippen molar-refractivity contribution in [3.63, 3.8) is 0 Å². The Morgan fingerprint density at radius 1 is 1.30 bits per heavy atom. The van der Waals surface area contributed by atoms with Crippen LogP contribution in [0.1, 0.15) is 17.2 Å². The lowest BCUT2D eigenvalue weighted by atomic mass is 10.00. The number of nitrogens with one attached hydrogen (secondary N) is 1. The molecule has 2 rings (SSSR count). The van der Waals surface area contributed by atoms with Gasteiger partial charge < -0.3 is 4.74 Å². The van der Waals surface area contributed by atoms with Crippen LogP contribution < -0.4 is 16.0 Å². The number of pyridine rings is 1. The van der Waals surface area contributed by atoms with Crippen LogP contribution in [0.2, 0.25) is 0 Å². The molecule has 0 saturated carbocycles. The van der Waals surface area contributed by atoms with Crippen LogP contribution in [0.25, 0.3) is 0 Å². The molecule has 0 aliphatic carbocycles. The minimum Gasteiger partial charge on any atom is -0.495 e. The van der Waals surface area contributed by atoms with E-state index in [1.807, 2.05) is 0 Å². The van der Waals surface area contributed by atoms with Gasteiger partial charge in [-0.1, -0.05) is 6.07 Å². The van der Waals surface area contributed by atoms with Crippen LogP contribution in [-0.4, -0.2) is 12.1 Å². The molecule has 6 heteroatoms. The van der Waals surface area contributed by atoms with Crippen LogP contribution in [0.3, 0.4) is 0 Å². The molecular formula is C14H15F2N3O. The van der Waals surface area contributed by atoms with E-state index in [9.17, 15) is 8.78 Å². The number of aromatic nitrogens is 1. The lowest BCUT2D eigenvalue weighted by Gasteiger charge is -2.17. The Kier molecular flexibility index (Phi) is 4.60. The summed E-state index contributed by atoms with van der Waals surface area (Å²) >= 11 is 0. The highest BCUT2D eigenvalue weighted by atomic mass is 19.1. The first kappa shape index (κ1) is 14.4. The van der Waals surface area contributed by atoms with Gasteiger partial charge in [0.05, 0.1) is 19.3 Å². The summed E-state index contributed by atoms with van der Waals surface area (Å²) in [5.74, 6) is 4.89. The zero-order valence-electron chi connectivity index (χ0n) is 10.9. The van der Waals surface area contributed by atoms with Crippen molar-refractivity contribution < 1.29 is 13.5 Å². The van der Waals surface area contributed by atoms with Gasteiger partial charge in [-0.2, -0.15) is 0 Å². The number of methoxy groups -OCH3 is 1. The van der Waals surface area contributed by atoms with Gasteiger partial charge in [0, 0.05) is 12.3 Å². The van der Waals surface area contributed by atoms with Gasteiger partial charge in [-0.3, -0.25) is 16.3 Å². The van der Waals surface area contributed by atoms with Gasteiger partial charge in [0.2, 0.25) is 0 Å². The maximum absolute atomic E-state index is 13.7. The van der Waals surface area contributed by atoms with Gasteiger partial charge in [-0.05, 0) is 29.7 Å². The summed E-state index contributed by atoms with van der Waals surface area (Å²) in [4.78, 5) is 4.03. The van der Waals surface area contributed by atoms with E-state index in [4.69, 9.17) is 10.6 Å². The molecule has 1 aromatic carbocycles. The van der Waals surface area contributed by atoms with E-state index in [0.717, 1.165) is 11.6 Å². The highest BCUT2D eigenvalue weighted by Gasteiger charge is 2.14. The Morgan fingerprint density at radius 2 is 2.10 bits per heavy atom. The summed E-state index contributed by atoms with van der Waals surface area (Å²) in [5.41, 5.74) is 3.74. The van der Waals surface area contributed by atoms with Gasteiger partial charge in [-0.15, -0.1) is 0 Å². The molecule has 0 spiro atoms. The SMILES string of the molecule is COc1cncc(C(Cc2ccc(F)cc2F)NN)c1. The molecule has 1 heterocycles. The van der Waals surface area contributed by atoms with Gasteiger partial charge in [0.15, 0.2) is 0 Å². The van der Waals surface area contributed by atoms with E-state index in [-0.39, 0.29) is 12.5 Å². The first-order valence-electron chi connectivity index (χ1n) is 6.03. The molecule has 0 fully saturated rings. The zero-order valence-corrected chi connectivity index (χ0v) is 10.9. The minimum atomic E-state index is -0.605. The quantitative estimate of drug-likeness (QED) is 0.650. The Labute approximate surface area is 115 Å². The normalized spacial score (nSPS) is 12.2. The molecule has 0 bridgehead atoms. The number of nitrogens with zero attached hydrogens (tertiary/aromatic N) is 1. The molecule has 1 atom stereocenters. The number of nitrogens with two attached hydrogens (primary N) is 1. The Hall–Kier alpha value is -2.05. The number of rotatable bonds is 5. The van der Waals surface area contributed by atoms with Crippen LogP contribution in [0, 0.1) is 11.6 Å². The van der Waals surface area contributed by atoms with E-state index < -0.39 is 11.6 Å². The van der Waals surface area contributed by atoms with Crippen LogP contribution in [0.4, 0.5) is 8.78 Å². The maximum atomic E-state index is 13.7. The second-order valence-electron chi connectivity index (χ2n) is 4.32. The maximum Gasteiger partial charge on any atom is 0.137 e. The average molecular weight is 279 g/mol. The summed E-state index contributed by atoms with van der Waals surface area (Å²) in [5, 5.41) is 0. The van der Waals surface area contributed by atoms with Crippen molar-refractivity contribution in [1.82, 2.24) is 10.4 Å². The molecule has 1 aromatic heterocycles. The molecule has 0 radical (unpaired) electrons. The summed E-state index contributed by atoms with van der Waals surface area (Å²) in [7, 11) is 1.53. The van der Waals surface area contributed by atoms with Crippen LogP contribution in [-0.2, 0) is 6.42 Å². The van der Waals surface area contributed by atoms with Crippen molar-refractivity contribution >= 4 is 0 Å². The number of benzene rings is 1. The van der Waals surface area contributed by atoms with Gasteiger partial charge in [-0.25, -0.2) is 8.78 Å². The number of hydrogen-bond donors (Lipinski definition) is 2. The fraction of sp³-hybridized carbons (Fsp3) is 0.214. The smallest absolute Gasteiger partial charge is 0.137 e. The second kappa shape index (κ2) is 6.40. The first-order chi connectivity index (χ1) is 9.63. The Bertz CT molecular complexity index is 592. The highest BCUT2D eigenvalue weighted by molar-refractivity contribution is 5.28. The van der Waals surface area contributed by atoms with Crippen LogP contribution >= 0.6 is 0 Å². The largest absolute Gasteiger partial charge is 0.495 e. The third kappa shape index (κ3) is 3.28. The predicted octanol–water partition coefficient (Wildman–Crippen LogP) is 2.12. The highest BCUT2D eigenvalue weighted by Crippen LogP contribution is 2.22. The van der Waals surface area contributed by atoms with Crippen LogP contribution in [0.15, 0.2) is 36.7 Å². The molecular weight excluding hydrogens is 264 g/mol. The van der Waals surface area contributed by atoms with Crippen molar-refractivity contribution in [2.75, 3.05) is 7.11 Å². The topological polar surface area (TPSA) is 60.2 Å². The summed E-state index contributed by atoms with van der Waals surface area (Å²) in [6.07, 6.45) is 3.46. The fourth-order valence-corrected chi connectivity index (χ4v) is 1.92. The molecule has 0 saturated heterocycles. The third-order valence-electron chi connectivity index (χ3n) is 3.01. The summed E-state index contributed by atoms with van der Waals surface area (Å²) < 4.78 is 31.6. The molecule has 106 valence electrons. The molecule has 4 nitrogen and oxygen atoms in total. The standard InChI is InChI=1S/C14H15F2N3O/c1-20-12-4-10(7-18-8-12)14(19-17)5-9-2-3-11(15)6-13(9)16/h2-4,6-8,14,19H,5,17H2,1H3. The molecule has 1 unspecified atom stereocenters. The number of hydrazine groups is 1. The summed E-state index contributed by atoms with van der Waals surface area (Å²) in [6, 6.07) is 4.89. The van der Waals surface area contributed by atoms with E-state index in [2.05, 4.69) is 10.4 Å². The van der Waals surface area contributed by atoms with E-state index >= 15 is 0 Å². The van der Waals surface area contributed by atoms with Gasteiger partial charge >= 0.3 is 0 Å². The molecule has 20 heavy (non-hydrogen) atoms. The monoisotopic (exact) mass is 279 g/mol. The Morgan fingerprint density at radius 3 is 2.75 bits per heavy atom. The van der Waals surface area contributed by atoms with Crippen molar-refractivity contribution in [3.05, 3.63) is 59.4 Å². The minimum absolute atomic E-state index is 0.275. The van der Waals surface area contributed by atoms with Crippen molar-refractivity contribution in [3.8, 4) is 5.75 Å². The number of ether oxygens (including phenoxy) is 1. The van der Waals surface area contributed by atoms with Crippen molar-refractivity contribution in [1.29, 1.82) is 0 Å².